The average Bonchev–Trinajstić information content (AvgIpc) is 2.68. The first kappa shape index (κ1) is 19.7. The molecule has 2 aliphatic rings. The van der Waals surface area contributed by atoms with E-state index in [0.29, 0.717) is 11.8 Å². The molecule has 8 heteroatoms. The van der Waals surface area contributed by atoms with Crippen molar-refractivity contribution >= 4 is 55.8 Å². The van der Waals surface area contributed by atoms with Crippen molar-refractivity contribution in [2.45, 2.75) is 18.9 Å². The standard InChI is InChI=1S/C20H20BrN3O2S2/c21-15-4-1-2-5-16(15)22-18(25)12-28-20(27)23-9-13-8-14(11-23)17-6-3-7-19(26)24(17)10-13/h1-7,13-14H,8-12H2,(H,22,25). The fourth-order valence-electron chi connectivity index (χ4n) is 4.01. The Morgan fingerprint density at radius 2 is 2.00 bits per heavy atom. The molecule has 1 aromatic heterocycles. The number of aromatic nitrogens is 1. The number of nitrogens with one attached hydrogen (secondary N) is 1. The molecule has 3 heterocycles. The van der Waals surface area contributed by atoms with E-state index in [1.165, 1.54) is 11.8 Å². The monoisotopic (exact) mass is 477 g/mol. The number of rotatable bonds is 3. The highest BCUT2D eigenvalue weighted by molar-refractivity contribution is 9.10. The molecule has 2 aliphatic heterocycles. The van der Waals surface area contributed by atoms with Gasteiger partial charge >= 0.3 is 0 Å². The number of carbonyl (C=O) groups is 1. The van der Waals surface area contributed by atoms with Crippen molar-refractivity contribution in [1.29, 1.82) is 0 Å². The zero-order valence-corrected chi connectivity index (χ0v) is 18.4. The third-order valence-electron chi connectivity index (χ3n) is 5.21. The third-order valence-corrected chi connectivity index (χ3v) is 7.43. The number of piperidine rings is 1. The lowest BCUT2D eigenvalue weighted by Crippen LogP contribution is -2.48. The highest BCUT2D eigenvalue weighted by atomic mass is 79.9. The van der Waals surface area contributed by atoms with Crippen LogP contribution in [0.25, 0.3) is 0 Å². The maximum atomic E-state index is 12.3. The average molecular weight is 478 g/mol. The van der Waals surface area contributed by atoms with Crippen molar-refractivity contribution < 1.29 is 4.79 Å². The van der Waals surface area contributed by atoms with E-state index in [1.54, 1.807) is 6.07 Å². The third kappa shape index (κ3) is 4.18. The van der Waals surface area contributed by atoms with Crippen LogP contribution < -0.4 is 10.9 Å². The number of carbonyl (C=O) groups excluding carboxylic acids is 1. The second kappa shape index (κ2) is 8.39. The molecule has 1 saturated heterocycles. The number of likely N-dealkylation sites (tertiary alicyclic amines) is 1. The number of pyridine rings is 1. The van der Waals surface area contributed by atoms with Gasteiger partial charge in [0.2, 0.25) is 5.91 Å². The van der Waals surface area contributed by atoms with Crippen LogP contribution in [-0.4, -0.2) is 38.5 Å². The molecule has 0 radical (unpaired) electrons. The van der Waals surface area contributed by atoms with Gasteiger partial charge < -0.3 is 14.8 Å². The van der Waals surface area contributed by atoms with Crippen molar-refractivity contribution in [2.24, 2.45) is 5.92 Å². The number of hydrogen-bond acceptors (Lipinski definition) is 4. The Labute approximate surface area is 181 Å². The molecule has 0 saturated carbocycles. The topological polar surface area (TPSA) is 54.3 Å². The quantitative estimate of drug-likeness (QED) is 0.683. The zero-order valence-electron chi connectivity index (χ0n) is 15.1. The zero-order chi connectivity index (χ0) is 19.7. The number of hydrogen-bond donors (Lipinski definition) is 1. The fraction of sp³-hybridized carbons (Fsp3) is 0.350. The second-order valence-electron chi connectivity index (χ2n) is 7.19. The summed E-state index contributed by atoms with van der Waals surface area (Å²) < 4.78 is 3.52. The number of benzene rings is 1. The van der Waals surface area contributed by atoms with Crippen LogP contribution in [0, 0.1) is 5.92 Å². The van der Waals surface area contributed by atoms with E-state index in [-0.39, 0.29) is 17.2 Å². The van der Waals surface area contributed by atoms with Gasteiger partial charge in [0.1, 0.15) is 4.32 Å². The number of anilines is 1. The lowest BCUT2D eigenvalue weighted by atomic mass is 9.83. The molecule has 1 amide bonds. The predicted octanol–water partition coefficient (Wildman–Crippen LogP) is 3.69. The summed E-state index contributed by atoms with van der Waals surface area (Å²) in [7, 11) is 0. The molecule has 28 heavy (non-hydrogen) atoms. The minimum absolute atomic E-state index is 0.0756. The molecule has 4 rings (SSSR count). The first-order valence-electron chi connectivity index (χ1n) is 9.17. The normalized spacial score (nSPS) is 20.4. The van der Waals surface area contributed by atoms with Crippen LogP contribution in [0.15, 0.2) is 51.7 Å². The smallest absolute Gasteiger partial charge is 0.250 e. The summed E-state index contributed by atoms with van der Waals surface area (Å²) >= 11 is 10.5. The van der Waals surface area contributed by atoms with Gasteiger partial charge in [0.05, 0.1) is 11.4 Å². The summed E-state index contributed by atoms with van der Waals surface area (Å²) in [4.78, 5) is 26.6. The van der Waals surface area contributed by atoms with Crippen LogP contribution in [0.3, 0.4) is 0 Å². The minimum atomic E-state index is -0.0756. The summed E-state index contributed by atoms with van der Waals surface area (Å²) in [6.07, 6.45) is 1.09. The summed E-state index contributed by atoms with van der Waals surface area (Å²) in [5.41, 5.74) is 1.95. The number of thiocarbonyl (C=S) groups is 1. The minimum Gasteiger partial charge on any atom is -0.356 e. The van der Waals surface area contributed by atoms with Gasteiger partial charge in [-0.05, 0) is 46.5 Å². The van der Waals surface area contributed by atoms with Gasteiger partial charge in [0.15, 0.2) is 0 Å². The second-order valence-corrected chi connectivity index (χ2v) is 9.65. The molecular weight excluding hydrogens is 458 g/mol. The maximum absolute atomic E-state index is 12.3. The molecule has 146 valence electrons. The van der Waals surface area contributed by atoms with E-state index < -0.39 is 0 Å². The Kier molecular flexibility index (Phi) is 5.89. The van der Waals surface area contributed by atoms with Crippen molar-refractivity contribution in [3.05, 3.63) is 63.0 Å². The van der Waals surface area contributed by atoms with Crippen molar-refractivity contribution in [1.82, 2.24) is 9.47 Å². The molecule has 0 aliphatic carbocycles. The first-order chi connectivity index (χ1) is 13.5. The van der Waals surface area contributed by atoms with Crippen LogP contribution in [0.1, 0.15) is 18.0 Å². The number of amides is 1. The highest BCUT2D eigenvalue weighted by Gasteiger charge is 2.35. The van der Waals surface area contributed by atoms with E-state index in [0.717, 1.165) is 46.2 Å². The van der Waals surface area contributed by atoms with Crippen LogP contribution in [-0.2, 0) is 11.3 Å². The molecule has 2 unspecified atom stereocenters. The van der Waals surface area contributed by atoms with Crippen LogP contribution >= 0.6 is 39.9 Å². The Hall–Kier alpha value is -1.64. The largest absolute Gasteiger partial charge is 0.356 e. The number of nitrogens with zero attached hydrogens (tertiary/aromatic N) is 2. The maximum Gasteiger partial charge on any atom is 0.250 e. The van der Waals surface area contributed by atoms with Crippen LogP contribution in [0.2, 0.25) is 0 Å². The molecule has 2 bridgehead atoms. The van der Waals surface area contributed by atoms with E-state index in [1.807, 2.05) is 41.0 Å². The van der Waals surface area contributed by atoms with Crippen molar-refractivity contribution in [3.8, 4) is 0 Å². The summed E-state index contributed by atoms with van der Waals surface area (Å²) in [6.45, 7) is 2.39. The Bertz CT molecular complexity index is 978. The van der Waals surface area contributed by atoms with Gasteiger partial charge in [-0.25, -0.2) is 0 Å². The molecule has 1 fully saturated rings. The number of fused-ring (bicyclic) bond motifs is 4. The van der Waals surface area contributed by atoms with Gasteiger partial charge in [0.25, 0.3) is 5.56 Å². The van der Waals surface area contributed by atoms with Crippen LogP contribution in [0.4, 0.5) is 5.69 Å². The van der Waals surface area contributed by atoms with Crippen molar-refractivity contribution in [3.63, 3.8) is 0 Å². The molecule has 1 N–H and O–H groups in total. The van der Waals surface area contributed by atoms with Gasteiger partial charge in [-0.1, -0.05) is 42.2 Å². The number of thioether (sulfide) groups is 1. The van der Waals surface area contributed by atoms with E-state index in [2.05, 4.69) is 26.1 Å². The lowest BCUT2D eigenvalue weighted by Gasteiger charge is -2.43. The number of para-hydroxylation sites is 1. The highest BCUT2D eigenvalue weighted by Crippen LogP contribution is 2.36. The number of halogens is 1. The molecule has 5 nitrogen and oxygen atoms in total. The molecule has 0 spiro atoms. The summed E-state index contributed by atoms with van der Waals surface area (Å²) in [5.74, 6) is 0.934. The Morgan fingerprint density at radius 1 is 1.18 bits per heavy atom. The van der Waals surface area contributed by atoms with Gasteiger partial charge in [-0.2, -0.15) is 0 Å². The SMILES string of the molecule is O=C(CSC(=S)N1CC2CC(C1)c1cccc(=O)n1C2)Nc1ccccc1Br. The van der Waals surface area contributed by atoms with Gasteiger partial charge in [-0.3, -0.25) is 9.59 Å². The summed E-state index contributed by atoms with van der Waals surface area (Å²) in [6, 6.07) is 13.1. The van der Waals surface area contributed by atoms with Gasteiger partial charge in [0, 0.05) is 41.8 Å². The lowest BCUT2D eigenvalue weighted by molar-refractivity contribution is -0.113. The van der Waals surface area contributed by atoms with Crippen LogP contribution in [0.5, 0.6) is 0 Å². The Balaban J connectivity index is 1.36. The van der Waals surface area contributed by atoms with Gasteiger partial charge in [-0.15, -0.1) is 0 Å². The Morgan fingerprint density at radius 3 is 2.82 bits per heavy atom. The van der Waals surface area contributed by atoms with E-state index >= 15 is 0 Å². The molecule has 2 aromatic rings. The molecule has 2 atom stereocenters. The fourth-order valence-corrected chi connectivity index (χ4v) is 5.38. The molecule has 1 aromatic carbocycles. The van der Waals surface area contributed by atoms with E-state index in [9.17, 15) is 9.59 Å². The predicted molar refractivity (Wildman–Crippen MR) is 121 cm³/mol. The summed E-state index contributed by atoms with van der Waals surface area (Å²) in [5, 5.41) is 2.90. The molecular formula is C20H20BrN3O2S2. The first-order valence-corrected chi connectivity index (χ1v) is 11.4. The van der Waals surface area contributed by atoms with Crippen molar-refractivity contribution in [2.75, 3.05) is 24.2 Å². The van der Waals surface area contributed by atoms with E-state index in [4.69, 9.17) is 12.2 Å².